The Labute approximate surface area is 146 Å². The first-order valence-corrected chi connectivity index (χ1v) is 8.50. The second kappa shape index (κ2) is 7.66. The van der Waals surface area contributed by atoms with E-state index in [4.69, 9.17) is 0 Å². The second-order valence-electron chi connectivity index (χ2n) is 6.56. The lowest BCUT2D eigenvalue weighted by Crippen LogP contribution is -2.33. The minimum absolute atomic E-state index is 0.00625. The summed E-state index contributed by atoms with van der Waals surface area (Å²) in [6, 6.07) is 10.7. The number of hydrogen-bond donors (Lipinski definition) is 0. The summed E-state index contributed by atoms with van der Waals surface area (Å²) < 4.78 is 13.0. The first-order valence-electron chi connectivity index (χ1n) is 8.50. The Bertz CT molecular complexity index is 766. The van der Waals surface area contributed by atoms with Crippen molar-refractivity contribution in [2.45, 2.75) is 19.3 Å². The van der Waals surface area contributed by atoms with Crippen molar-refractivity contribution in [1.82, 2.24) is 9.88 Å². The molecule has 0 N–H and O–H groups in total. The van der Waals surface area contributed by atoms with Crippen LogP contribution in [0.25, 0.3) is 0 Å². The molecule has 0 amide bonds. The number of piperidine rings is 1. The molecule has 1 saturated heterocycles. The number of nitrogens with zero attached hydrogens (tertiary/aromatic N) is 2. The van der Waals surface area contributed by atoms with Crippen LogP contribution in [0, 0.1) is 11.7 Å². The molecule has 1 aliphatic rings. The van der Waals surface area contributed by atoms with Gasteiger partial charge in [-0.25, -0.2) is 9.37 Å². The fourth-order valence-corrected chi connectivity index (χ4v) is 3.10. The fraction of sp³-hybridized carbons (Fsp3) is 0.350. The highest BCUT2D eigenvalue weighted by Gasteiger charge is 2.25. The van der Waals surface area contributed by atoms with Crippen LogP contribution in [-0.2, 0) is 6.42 Å². The molecule has 0 aliphatic carbocycles. The van der Waals surface area contributed by atoms with Crippen LogP contribution in [0.3, 0.4) is 0 Å². The Kier molecular flexibility index (Phi) is 5.34. The predicted octanol–water partition coefficient (Wildman–Crippen LogP) is 3.17. The summed E-state index contributed by atoms with van der Waals surface area (Å²) in [6.07, 6.45) is 1.78. The molecule has 0 spiro atoms. The van der Waals surface area contributed by atoms with Gasteiger partial charge < -0.3 is 4.90 Å². The van der Waals surface area contributed by atoms with E-state index in [1.807, 2.05) is 0 Å². The van der Waals surface area contributed by atoms with Crippen molar-refractivity contribution in [3.05, 3.63) is 65.2 Å². The molecule has 2 heterocycles. The molecule has 1 aromatic heterocycles. The van der Waals surface area contributed by atoms with Crippen molar-refractivity contribution in [3.63, 3.8) is 0 Å². The maximum absolute atomic E-state index is 13.0. The molecule has 0 atom stereocenters. The minimum atomic E-state index is -0.375. The number of carbonyl (C=O) groups is 2. The molecule has 4 nitrogen and oxygen atoms in total. The van der Waals surface area contributed by atoms with E-state index in [1.54, 1.807) is 18.2 Å². The smallest absolute Gasteiger partial charge is 0.184 e. The minimum Gasteiger partial charge on any atom is -0.306 e. The lowest BCUT2D eigenvalue weighted by molar-refractivity contribution is 0.0850. The van der Waals surface area contributed by atoms with Crippen LogP contribution in [0.1, 0.15) is 39.4 Å². The van der Waals surface area contributed by atoms with E-state index < -0.39 is 0 Å². The van der Waals surface area contributed by atoms with Crippen molar-refractivity contribution >= 4 is 11.6 Å². The summed E-state index contributed by atoms with van der Waals surface area (Å²) in [5.74, 6) is -0.451. The van der Waals surface area contributed by atoms with Crippen molar-refractivity contribution in [2.75, 3.05) is 20.1 Å². The van der Waals surface area contributed by atoms with Crippen LogP contribution in [0.15, 0.2) is 42.5 Å². The largest absolute Gasteiger partial charge is 0.306 e. The van der Waals surface area contributed by atoms with Crippen LogP contribution in [0.5, 0.6) is 0 Å². The molecule has 0 unspecified atom stereocenters. The summed E-state index contributed by atoms with van der Waals surface area (Å²) in [6.45, 7) is 1.83. The first-order chi connectivity index (χ1) is 12.0. The lowest BCUT2D eigenvalue weighted by Gasteiger charge is -2.27. The molecule has 1 fully saturated rings. The maximum atomic E-state index is 13.0. The van der Waals surface area contributed by atoms with E-state index in [2.05, 4.69) is 16.9 Å². The van der Waals surface area contributed by atoms with Gasteiger partial charge in [0.2, 0.25) is 0 Å². The van der Waals surface area contributed by atoms with Crippen LogP contribution in [0.2, 0.25) is 0 Å². The zero-order valence-electron chi connectivity index (χ0n) is 14.2. The third-order valence-electron chi connectivity index (χ3n) is 4.66. The summed E-state index contributed by atoms with van der Waals surface area (Å²) in [7, 11) is 2.06. The number of halogens is 1. The number of Topliss-reactive ketones (excluding diaryl/α,β-unsaturated/α-hetero) is 2. The lowest BCUT2D eigenvalue weighted by atomic mass is 9.91. The Balaban J connectivity index is 1.69. The van der Waals surface area contributed by atoms with Crippen LogP contribution >= 0.6 is 0 Å². The van der Waals surface area contributed by atoms with E-state index >= 15 is 0 Å². The molecule has 0 radical (unpaired) electrons. The SMILES string of the molecule is CN1CCC(C(=O)c2cccc(CC(=O)c3ccc(F)cc3)n2)CC1. The molecule has 0 saturated carbocycles. The predicted molar refractivity (Wildman–Crippen MR) is 93.2 cm³/mol. The van der Waals surface area contributed by atoms with E-state index in [9.17, 15) is 14.0 Å². The van der Waals surface area contributed by atoms with Crippen LogP contribution in [-0.4, -0.2) is 41.6 Å². The van der Waals surface area contributed by atoms with Gasteiger partial charge in [0, 0.05) is 17.2 Å². The molecular formula is C20H21FN2O2. The maximum Gasteiger partial charge on any atom is 0.184 e. The average Bonchev–Trinajstić information content (AvgIpc) is 2.62. The third kappa shape index (κ3) is 4.37. The Morgan fingerprint density at radius 2 is 1.80 bits per heavy atom. The quantitative estimate of drug-likeness (QED) is 0.785. The molecule has 1 aromatic carbocycles. The highest BCUT2D eigenvalue weighted by atomic mass is 19.1. The molecule has 5 heteroatoms. The zero-order valence-corrected chi connectivity index (χ0v) is 14.2. The monoisotopic (exact) mass is 340 g/mol. The number of carbonyl (C=O) groups excluding carboxylic acids is 2. The van der Waals surface area contributed by atoms with Gasteiger partial charge >= 0.3 is 0 Å². The van der Waals surface area contributed by atoms with Gasteiger partial charge in [0.1, 0.15) is 11.5 Å². The number of benzene rings is 1. The molecular weight excluding hydrogens is 319 g/mol. The van der Waals surface area contributed by atoms with Crippen molar-refractivity contribution < 1.29 is 14.0 Å². The van der Waals surface area contributed by atoms with Gasteiger partial charge in [0.15, 0.2) is 11.6 Å². The normalized spacial score (nSPS) is 15.9. The van der Waals surface area contributed by atoms with Gasteiger partial charge in [-0.05, 0) is 69.4 Å². The molecule has 1 aliphatic heterocycles. The molecule has 3 rings (SSSR count). The fourth-order valence-electron chi connectivity index (χ4n) is 3.10. The Morgan fingerprint density at radius 3 is 2.48 bits per heavy atom. The van der Waals surface area contributed by atoms with Gasteiger partial charge in [-0.2, -0.15) is 0 Å². The number of rotatable bonds is 5. The van der Waals surface area contributed by atoms with Gasteiger partial charge in [0.25, 0.3) is 0 Å². The van der Waals surface area contributed by atoms with Gasteiger partial charge in [-0.3, -0.25) is 9.59 Å². The molecule has 130 valence electrons. The zero-order chi connectivity index (χ0) is 17.8. The number of hydrogen-bond acceptors (Lipinski definition) is 4. The Hall–Kier alpha value is -2.40. The summed E-state index contributed by atoms with van der Waals surface area (Å²) in [5, 5.41) is 0. The topological polar surface area (TPSA) is 50.3 Å². The van der Waals surface area contributed by atoms with Gasteiger partial charge in [-0.15, -0.1) is 0 Å². The number of aromatic nitrogens is 1. The van der Waals surface area contributed by atoms with E-state index in [-0.39, 0.29) is 29.7 Å². The van der Waals surface area contributed by atoms with Gasteiger partial charge in [0.05, 0.1) is 6.42 Å². The standard InChI is InChI=1S/C20H21FN2O2/c1-23-11-9-15(10-12-23)20(25)18-4-2-3-17(22-18)13-19(24)14-5-7-16(21)8-6-14/h2-8,15H,9-13H2,1H3. The van der Waals surface area contributed by atoms with E-state index in [0.29, 0.717) is 17.0 Å². The summed E-state index contributed by atoms with van der Waals surface area (Å²) in [4.78, 5) is 31.5. The average molecular weight is 340 g/mol. The Morgan fingerprint density at radius 1 is 1.12 bits per heavy atom. The van der Waals surface area contributed by atoms with Gasteiger partial charge in [-0.1, -0.05) is 6.07 Å². The third-order valence-corrected chi connectivity index (χ3v) is 4.66. The first kappa shape index (κ1) is 17.4. The molecule has 0 bridgehead atoms. The molecule has 2 aromatic rings. The number of pyridine rings is 1. The summed E-state index contributed by atoms with van der Waals surface area (Å²) in [5.41, 5.74) is 1.43. The summed E-state index contributed by atoms with van der Waals surface area (Å²) >= 11 is 0. The van der Waals surface area contributed by atoms with Crippen molar-refractivity contribution in [1.29, 1.82) is 0 Å². The van der Waals surface area contributed by atoms with E-state index in [1.165, 1.54) is 24.3 Å². The van der Waals surface area contributed by atoms with Crippen LogP contribution < -0.4 is 0 Å². The highest BCUT2D eigenvalue weighted by molar-refractivity contribution is 5.98. The highest BCUT2D eigenvalue weighted by Crippen LogP contribution is 2.20. The van der Waals surface area contributed by atoms with Crippen molar-refractivity contribution in [3.8, 4) is 0 Å². The molecule has 25 heavy (non-hydrogen) atoms. The second-order valence-corrected chi connectivity index (χ2v) is 6.56. The van der Waals surface area contributed by atoms with E-state index in [0.717, 1.165) is 25.9 Å². The number of likely N-dealkylation sites (tertiary alicyclic amines) is 1. The van der Waals surface area contributed by atoms with Crippen molar-refractivity contribution in [2.24, 2.45) is 5.92 Å². The van der Waals surface area contributed by atoms with Crippen LogP contribution in [0.4, 0.5) is 4.39 Å². The number of ketones is 2.